The van der Waals surface area contributed by atoms with Crippen molar-refractivity contribution in [2.45, 2.75) is 6.54 Å². The molecule has 5 rings (SSSR count). The van der Waals surface area contributed by atoms with E-state index in [0.29, 0.717) is 15.8 Å². The SMILES string of the molecule is COc1ccc(/C=C2\S/C(=N\N=C\c3ccc(-c4ccccc4)cc3)N(Cc3ccco3)C2=O)cc1. The zero-order valence-corrected chi connectivity index (χ0v) is 20.4. The summed E-state index contributed by atoms with van der Waals surface area (Å²) in [4.78, 5) is 15.4. The molecular weight excluding hydrogens is 470 g/mol. The summed E-state index contributed by atoms with van der Waals surface area (Å²) in [5, 5.41) is 9.15. The molecule has 0 unspecified atom stereocenters. The molecule has 36 heavy (non-hydrogen) atoms. The molecule has 0 N–H and O–H groups in total. The molecule has 1 amide bonds. The first kappa shape index (κ1) is 23.4. The number of methoxy groups -OCH3 is 1. The molecule has 4 aromatic rings. The quantitative estimate of drug-likeness (QED) is 0.168. The van der Waals surface area contributed by atoms with E-state index in [-0.39, 0.29) is 12.5 Å². The van der Waals surface area contributed by atoms with Gasteiger partial charge >= 0.3 is 0 Å². The van der Waals surface area contributed by atoms with Crippen LogP contribution >= 0.6 is 11.8 Å². The highest BCUT2D eigenvalue weighted by Gasteiger charge is 2.34. The van der Waals surface area contributed by atoms with Crippen LogP contribution in [0.2, 0.25) is 0 Å². The molecule has 1 aliphatic heterocycles. The average molecular weight is 494 g/mol. The molecule has 178 valence electrons. The number of carbonyl (C=O) groups excluding carboxylic acids is 1. The first-order valence-electron chi connectivity index (χ1n) is 11.3. The van der Waals surface area contributed by atoms with Crippen LogP contribution in [-0.4, -0.2) is 29.3 Å². The second-order valence-corrected chi connectivity index (χ2v) is 8.98. The predicted octanol–water partition coefficient (Wildman–Crippen LogP) is 6.46. The molecule has 0 spiro atoms. The van der Waals surface area contributed by atoms with Crippen molar-refractivity contribution in [3.05, 3.63) is 119 Å². The van der Waals surface area contributed by atoms with Crippen LogP contribution in [0, 0.1) is 0 Å². The van der Waals surface area contributed by atoms with Crippen molar-refractivity contribution >= 4 is 35.1 Å². The highest BCUT2D eigenvalue weighted by atomic mass is 32.2. The Morgan fingerprint density at radius 3 is 2.31 bits per heavy atom. The molecule has 0 atom stereocenters. The van der Waals surface area contributed by atoms with Crippen LogP contribution in [-0.2, 0) is 11.3 Å². The van der Waals surface area contributed by atoms with Gasteiger partial charge in [0.15, 0.2) is 5.17 Å². The lowest BCUT2D eigenvalue weighted by Gasteiger charge is -2.12. The van der Waals surface area contributed by atoms with Gasteiger partial charge in [-0.05, 0) is 64.4 Å². The van der Waals surface area contributed by atoms with Gasteiger partial charge < -0.3 is 9.15 Å². The van der Waals surface area contributed by atoms with Gasteiger partial charge in [0.2, 0.25) is 0 Å². The number of rotatable bonds is 7. The summed E-state index contributed by atoms with van der Waals surface area (Å²) >= 11 is 1.29. The van der Waals surface area contributed by atoms with Crippen LogP contribution in [0.15, 0.2) is 117 Å². The van der Waals surface area contributed by atoms with Crippen molar-refractivity contribution in [1.29, 1.82) is 0 Å². The van der Waals surface area contributed by atoms with Crippen molar-refractivity contribution in [3.8, 4) is 16.9 Å². The monoisotopic (exact) mass is 493 g/mol. The summed E-state index contributed by atoms with van der Waals surface area (Å²) < 4.78 is 10.7. The fourth-order valence-corrected chi connectivity index (χ4v) is 4.60. The van der Waals surface area contributed by atoms with Gasteiger partial charge in [0.25, 0.3) is 5.91 Å². The predicted molar refractivity (Wildman–Crippen MR) is 145 cm³/mol. The average Bonchev–Trinajstić information content (AvgIpc) is 3.54. The van der Waals surface area contributed by atoms with Crippen molar-refractivity contribution in [2.75, 3.05) is 7.11 Å². The molecule has 6 nitrogen and oxygen atoms in total. The van der Waals surface area contributed by atoms with Crippen LogP contribution in [0.1, 0.15) is 16.9 Å². The molecular formula is C29H23N3O3S. The second kappa shape index (κ2) is 10.9. The van der Waals surface area contributed by atoms with Crippen molar-refractivity contribution in [1.82, 2.24) is 4.90 Å². The molecule has 2 heterocycles. The van der Waals surface area contributed by atoms with E-state index in [0.717, 1.165) is 28.0 Å². The zero-order valence-electron chi connectivity index (χ0n) is 19.6. The highest BCUT2D eigenvalue weighted by Crippen LogP contribution is 2.34. The van der Waals surface area contributed by atoms with Gasteiger partial charge in [0, 0.05) is 0 Å². The third kappa shape index (κ3) is 5.47. The smallest absolute Gasteiger partial charge is 0.267 e. The lowest BCUT2D eigenvalue weighted by molar-refractivity contribution is -0.122. The Morgan fingerprint density at radius 2 is 1.61 bits per heavy atom. The van der Waals surface area contributed by atoms with E-state index in [2.05, 4.69) is 34.5 Å². The summed E-state index contributed by atoms with van der Waals surface area (Å²) in [5.41, 5.74) is 4.11. The van der Waals surface area contributed by atoms with Crippen LogP contribution in [0.3, 0.4) is 0 Å². The van der Waals surface area contributed by atoms with Gasteiger partial charge in [-0.1, -0.05) is 66.7 Å². The molecule has 1 aliphatic rings. The Kier molecular flexibility index (Phi) is 7.10. The maximum Gasteiger partial charge on any atom is 0.267 e. The number of carbonyl (C=O) groups is 1. The van der Waals surface area contributed by atoms with E-state index in [1.54, 1.807) is 30.6 Å². The van der Waals surface area contributed by atoms with E-state index in [1.165, 1.54) is 11.8 Å². The molecule has 1 fully saturated rings. The summed E-state index contributed by atoms with van der Waals surface area (Å²) in [5.74, 6) is 1.28. The first-order chi connectivity index (χ1) is 17.7. The summed E-state index contributed by atoms with van der Waals surface area (Å²) in [7, 11) is 1.62. The molecule has 7 heteroatoms. The second-order valence-electron chi connectivity index (χ2n) is 7.97. The van der Waals surface area contributed by atoms with Gasteiger partial charge in [0.1, 0.15) is 11.5 Å². The minimum absolute atomic E-state index is 0.145. The lowest BCUT2D eigenvalue weighted by atomic mass is 10.0. The number of thioether (sulfide) groups is 1. The number of hydrogen-bond acceptors (Lipinski definition) is 6. The maximum atomic E-state index is 13.2. The third-order valence-electron chi connectivity index (χ3n) is 5.56. The normalized spacial score (nSPS) is 15.9. The first-order valence-corrected chi connectivity index (χ1v) is 12.2. The van der Waals surface area contributed by atoms with Crippen molar-refractivity contribution < 1.29 is 13.9 Å². The molecule has 3 aromatic carbocycles. The number of hydrogen-bond donors (Lipinski definition) is 0. The lowest BCUT2D eigenvalue weighted by Crippen LogP contribution is -2.28. The van der Waals surface area contributed by atoms with Gasteiger partial charge in [-0.2, -0.15) is 5.10 Å². The summed E-state index contributed by atoms with van der Waals surface area (Å²) in [6.45, 7) is 0.277. The number of amides is 1. The fraction of sp³-hybridized carbons (Fsp3) is 0.0690. The highest BCUT2D eigenvalue weighted by molar-refractivity contribution is 8.18. The van der Waals surface area contributed by atoms with Gasteiger partial charge in [-0.3, -0.25) is 9.69 Å². The van der Waals surface area contributed by atoms with Crippen LogP contribution in [0.5, 0.6) is 5.75 Å². The standard InChI is InChI=1S/C29H23N3O3S/c1-34-25-15-11-21(12-16-25)18-27-28(33)32(20-26-8-5-17-35-26)29(36-27)31-30-19-22-9-13-24(14-10-22)23-6-3-2-4-7-23/h2-19H,20H2,1H3/b27-18-,30-19+,31-29-. The van der Waals surface area contributed by atoms with E-state index in [9.17, 15) is 4.79 Å². The van der Waals surface area contributed by atoms with E-state index >= 15 is 0 Å². The van der Waals surface area contributed by atoms with Gasteiger partial charge in [-0.25, -0.2) is 0 Å². The number of benzene rings is 3. The van der Waals surface area contributed by atoms with Crippen molar-refractivity contribution in [3.63, 3.8) is 0 Å². The fourth-order valence-electron chi connectivity index (χ4n) is 3.67. The Morgan fingerprint density at radius 1 is 0.889 bits per heavy atom. The Bertz CT molecular complexity index is 1410. The number of nitrogens with zero attached hydrogens (tertiary/aromatic N) is 3. The van der Waals surface area contributed by atoms with Crippen LogP contribution in [0.4, 0.5) is 0 Å². The zero-order chi connectivity index (χ0) is 24.7. The molecule has 0 aliphatic carbocycles. The number of amidine groups is 1. The van der Waals surface area contributed by atoms with Gasteiger partial charge in [0.05, 0.1) is 31.0 Å². The third-order valence-corrected chi connectivity index (χ3v) is 6.56. The number of furan rings is 1. The van der Waals surface area contributed by atoms with E-state index < -0.39 is 0 Å². The van der Waals surface area contributed by atoms with Crippen LogP contribution < -0.4 is 4.74 Å². The molecule has 0 radical (unpaired) electrons. The Balaban J connectivity index is 1.36. The van der Waals surface area contributed by atoms with Gasteiger partial charge in [-0.15, -0.1) is 5.10 Å². The molecule has 0 saturated carbocycles. The van der Waals surface area contributed by atoms with Crippen LogP contribution in [0.25, 0.3) is 17.2 Å². The molecule has 1 aromatic heterocycles. The van der Waals surface area contributed by atoms with Crippen molar-refractivity contribution in [2.24, 2.45) is 10.2 Å². The molecule has 1 saturated heterocycles. The van der Waals surface area contributed by atoms with E-state index in [1.807, 2.05) is 66.7 Å². The summed E-state index contributed by atoms with van der Waals surface area (Å²) in [6, 6.07) is 29.5. The topological polar surface area (TPSA) is 67.4 Å². The largest absolute Gasteiger partial charge is 0.497 e. The Labute approximate surface area is 213 Å². The maximum absolute atomic E-state index is 13.2. The minimum atomic E-state index is -0.145. The van der Waals surface area contributed by atoms with E-state index in [4.69, 9.17) is 9.15 Å². The summed E-state index contributed by atoms with van der Waals surface area (Å²) in [6.07, 6.45) is 5.12. The Hall–Kier alpha value is -4.36. The minimum Gasteiger partial charge on any atom is -0.497 e. The number of ether oxygens (including phenoxy) is 1. The molecule has 0 bridgehead atoms.